The summed E-state index contributed by atoms with van der Waals surface area (Å²) >= 11 is 0. The van der Waals surface area contributed by atoms with Gasteiger partial charge in [0, 0.05) is 51.3 Å². The number of hydrogen-bond donors (Lipinski definition) is 0. The quantitative estimate of drug-likeness (QED) is 0.694. The first-order chi connectivity index (χ1) is 15.3. The number of carbonyl (C=O) groups excluding carboxylic acids is 2. The lowest BCUT2D eigenvalue weighted by Crippen LogP contribution is -2.50. The van der Waals surface area contributed by atoms with Crippen LogP contribution >= 0.6 is 0 Å². The van der Waals surface area contributed by atoms with E-state index in [1.165, 1.54) is 4.31 Å². The van der Waals surface area contributed by atoms with Gasteiger partial charge in [-0.3, -0.25) is 9.59 Å². The molecule has 2 amide bonds. The SMILES string of the molecule is Cc1ccc(S(=O)(=O)N2CCN(C(=O)c3cccc(CN4CCCC4=O)c3)CC2)cc1C. The molecule has 32 heavy (non-hydrogen) atoms. The standard InChI is InChI=1S/C24H29N3O4S/c1-18-8-9-22(15-19(18)2)32(30,31)27-13-11-25(12-14-27)24(29)21-6-3-5-20(16-21)17-26-10-4-7-23(26)28/h3,5-6,8-9,15-16H,4,7,10-14,17H2,1-2H3. The average Bonchev–Trinajstić information content (AvgIpc) is 3.19. The molecule has 2 aliphatic rings. The Morgan fingerprint density at radius 3 is 2.34 bits per heavy atom. The number of nitrogens with zero attached hydrogens (tertiary/aromatic N) is 3. The van der Waals surface area contributed by atoms with Gasteiger partial charge in [-0.2, -0.15) is 4.31 Å². The highest BCUT2D eigenvalue weighted by atomic mass is 32.2. The number of piperazine rings is 1. The van der Waals surface area contributed by atoms with Gasteiger partial charge in [-0.15, -0.1) is 0 Å². The van der Waals surface area contributed by atoms with Crippen LogP contribution in [-0.2, 0) is 21.4 Å². The Morgan fingerprint density at radius 1 is 0.938 bits per heavy atom. The Balaban J connectivity index is 1.41. The zero-order valence-corrected chi connectivity index (χ0v) is 19.4. The van der Waals surface area contributed by atoms with E-state index in [1.54, 1.807) is 23.1 Å². The molecule has 0 saturated carbocycles. The normalized spacial score (nSPS) is 17.8. The minimum atomic E-state index is -3.58. The van der Waals surface area contributed by atoms with E-state index in [2.05, 4.69) is 0 Å². The van der Waals surface area contributed by atoms with Crippen molar-refractivity contribution in [3.63, 3.8) is 0 Å². The van der Waals surface area contributed by atoms with Gasteiger partial charge in [0.15, 0.2) is 0 Å². The second-order valence-corrected chi connectivity index (χ2v) is 10.5. The van der Waals surface area contributed by atoms with Gasteiger partial charge in [0.25, 0.3) is 5.91 Å². The second kappa shape index (κ2) is 9.03. The Labute approximate surface area is 189 Å². The summed E-state index contributed by atoms with van der Waals surface area (Å²) in [5.74, 6) is 0.0469. The van der Waals surface area contributed by atoms with Crippen molar-refractivity contribution in [1.82, 2.24) is 14.1 Å². The Kier molecular flexibility index (Phi) is 6.35. The van der Waals surface area contributed by atoms with Gasteiger partial charge >= 0.3 is 0 Å². The lowest BCUT2D eigenvalue weighted by atomic mass is 10.1. The molecule has 2 heterocycles. The number of carbonyl (C=O) groups is 2. The van der Waals surface area contributed by atoms with Gasteiger partial charge in [-0.25, -0.2) is 8.42 Å². The molecule has 2 fully saturated rings. The first-order valence-electron chi connectivity index (χ1n) is 11.0. The topological polar surface area (TPSA) is 78.0 Å². The number of sulfonamides is 1. The Hall–Kier alpha value is -2.71. The van der Waals surface area contributed by atoms with Crippen LogP contribution in [0.3, 0.4) is 0 Å². The third kappa shape index (κ3) is 4.56. The first-order valence-corrected chi connectivity index (χ1v) is 12.4. The average molecular weight is 456 g/mol. The molecular formula is C24H29N3O4S. The van der Waals surface area contributed by atoms with Crippen molar-refractivity contribution in [2.24, 2.45) is 0 Å². The summed E-state index contributed by atoms with van der Waals surface area (Å²) in [6.45, 7) is 6.35. The number of amides is 2. The molecule has 0 aromatic heterocycles. The van der Waals surface area contributed by atoms with E-state index in [9.17, 15) is 18.0 Å². The molecule has 2 saturated heterocycles. The minimum Gasteiger partial charge on any atom is -0.338 e. The molecule has 0 spiro atoms. The highest BCUT2D eigenvalue weighted by Gasteiger charge is 2.30. The van der Waals surface area contributed by atoms with Crippen molar-refractivity contribution in [2.75, 3.05) is 32.7 Å². The van der Waals surface area contributed by atoms with E-state index >= 15 is 0 Å². The van der Waals surface area contributed by atoms with Gasteiger partial charge in [-0.1, -0.05) is 18.2 Å². The fourth-order valence-electron chi connectivity index (χ4n) is 4.23. The highest BCUT2D eigenvalue weighted by Crippen LogP contribution is 2.22. The van der Waals surface area contributed by atoms with Gasteiger partial charge in [-0.05, 0) is 61.2 Å². The predicted molar refractivity (Wildman–Crippen MR) is 122 cm³/mol. The summed E-state index contributed by atoms with van der Waals surface area (Å²) in [4.78, 5) is 28.7. The molecule has 2 aromatic rings. The summed E-state index contributed by atoms with van der Waals surface area (Å²) in [5, 5.41) is 0. The van der Waals surface area contributed by atoms with E-state index in [0.29, 0.717) is 36.5 Å². The predicted octanol–water partition coefficient (Wildman–Crippen LogP) is 2.57. The van der Waals surface area contributed by atoms with Crippen LogP contribution in [0.15, 0.2) is 47.4 Å². The van der Waals surface area contributed by atoms with Crippen LogP contribution in [0.1, 0.15) is 39.9 Å². The van der Waals surface area contributed by atoms with Crippen molar-refractivity contribution >= 4 is 21.8 Å². The summed E-state index contributed by atoms with van der Waals surface area (Å²) in [6.07, 6.45) is 1.47. The molecule has 0 bridgehead atoms. The summed E-state index contributed by atoms with van der Waals surface area (Å²) in [6, 6.07) is 12.6. The fraction of sp³-hybridized carbons (Fsp3) is 0.417. The number of rotatable bonds is 5. The van der Waals surface area contributed by atoms with E-state index in [1.807, 2.05) is 43.0 Å². The van der Waals surface area contributed by atoms with Gasteiger partial charge < -0.3 is 9.80 Å². The van der Waals surface area contributed by atoms with Gasteiger partial charge in [0.05, 0.1) is 4.90 Å². The largest absolute Gasteiger partial charge is 0.338 e. The maximum absolute atomic E-state index is 13.0. The summed E-state index contributed by atoms with van der Waals surface area (Å²) in [7, 11) is -3.58. The molecule has 2 aromatic carbocycles. The van der Waals surface area contributed by atoms with Crippen molar-refractivity contribution in [3.05, 3.63) is 64.7 Å². The highest BCUT2D eigenvalue weighted by molar-refractivity contribution is 7.89. The molecule has 0 radical (unpaired) electrons. The third-order valence-corrected chi connectivity index (χ3v) is 8.26. The summed E-state index contributed by atoms with van der Waals surface area (Å²) in [5.41, 5.74) is 3.49. The minimum absolute atomic E-state index is 0.108. The number of benzene rings is 2. The van der Waals surface area contributed by atoms with Crippen LogP contribution in [0.4, 0.5) is 0 Å². The molecule has 0 atom stereocenters. The maximum Gasteiger partial charge on any atom is 0.253 e. The van der Waals surface area contributed by atoms with E-state index < -0.39 is 10.0 Å². The van der Waals surface area contributed by atoms with Crippen molar-refractivity contribution in [2.45, 2.75) is 38.1 Å². The van der Waals surface area contributed by atoms with Crippen LogP contribution in [0.2, 0.25) is 0 Å². The molecule has 0 N–H and O–H groups in total. The van der Waals surface area contributed by atoms with Crippen LogP contribution < -0.4 is 0 Å². The molecule has 0 unspecified atom stereocenters. The van der Waals surface area contributed by atoms with Gasteiger partial charge in [0.2, 0.25) is 15.9 Å². The lowest BCUT2D eigenvalue weighted by molar-refractivity contribution is -0.128. The zero-order chi connectivity index (χ0) is 22.9. The number of likely N-dealkylation sites (tertiary alicyclic amines) is 1. The van der Waals surface area contributed by atoms with Crippen molar-refractivity contribution < 1.29 is 18.0 Å². The van der Waals surface area contributed by atoms with Crippen LogP contribution in [0.25, 0.3) is 0 Å². The number of hydrogen-bond acceptors (Lipinski definition) is 4. The number of aryl methyl sites for hydroxylation is 2. The van der Waals surface area contributed by atoms with Crippen molar-refractivity contribution in [3.8, 4) is 0 Å². The summed E-state index contributed by atoms with van der Waals surface area (Å²) < 4.78 is 27.5. The molecule has 7 nitrogen and oxygen atoms in total. The monoisotopic (exact) mass is 455 g/mol. The fourth-order valence-corrected chi connectivity index (χ4v) is 5.74. The second-order valence-electron chi connectivity index (χ2n) is 8.56. The van der Waals surface area contributed by atoms with E-state index in [4.69, 9.17) is 0 Å². The van der Waals surface area contributed by atoms with E-state index in [0.717, 1.165) is 29.7 Å². The molecular weight excluding hydrogens is 426 g/mol. The maximum atomic E-state index is 13.0. The van der Waals surface area contributed by atoms with Crippen molar-refractivity contribution in [1.29, 1.82) is 0 Å². The Morgan fingerprint density at radius 2 is 1.69 bits per heavy atom. The molecule has 2 aliphatic heterocycles. The van der Waals surface area contributed by atoms with Crippen LogP contribution in [0, 0.1) is 13.8 Å². The molecule has 0 aliphatic carbocycles. The Bertz CT molecular complexity index is 1140. The van der Waals surface area contributed by atoms with Gasteiger partial charge in [0.1, 0.15) is 0 Å². The third-order valence-electron chi connectivity index (χ3n) is 6.36. The van der Waals surface area contributed by atoms with E-state index in [-0.39, 0.29) is 24.9 Å². The lowest BCUT2D eigenvalue weighted by Gasteiger charge is -2.34. The molecule has 4 rings (SSSR count). The zero-order valence-electron chi connectivity index (χ0n) is 18.6. The molecule has 8 heteroatoms. The van der Waals surface area contributed by atoms with Crippen LogP contribution in [0.5, 0.6) is 0 Å². The first kappa shape index (κ1) is 22.5. The smallest absolute Gasteiger partial charge is 0.253 e. The van der Waals surface area contributed by atoms with Crippen LogP contribution in [-0.4, -0.2) is 67.1 Å². The molecule has 170 valence electrons.